The lowest BCUT2D eigenvalue weighted by atomic mass is 10.2. The van der Waals surface area contributed by atoms with Crippen LogP contribution in [0.15, 0.2) is 53.5 Å². The molecule has 2 aromatic rings. The van der Waals surface area contributed by atoms with Gasteiger partial charge >= 0.3 is 0 Å². The van der Waals surface area contributed by atoms with Crippen molar-refractivity contribution in [3.05, 3.63) is 54.1 Å². The number of carbonyl (C=O) groups is 1. The Balaban J connectivity index is 1.84. The maximum absolute atomic E-state index is 11.8. The summed E-state index contributed by atoms with van der Waals surface area (Å²) in [6, 6.07) is 14.7. The number of methoxy groups -OCH3 is 2. The van der Waals surface area contributed by atoms with Gasteiger partial charge in [0, 0.05) is 5.69 Å². The number of hydrogen-bond donors (Lipinski definition) is 3. The highest BCUT2D eigenvalue weighted by atomic mass is 16.5. The molecule has 0 bridgehead atoms. The molecule has 7 nitrogen and oxygen atoms in total. The molecule has 4 N–H and O–H groups in total. The molecule has 0 fully saturated rings. The first kappa shape index (κ1) is 18.1. The second-order valence-corrected chi connectivity index (χ2v) is 5.16. The number of ether oxygens (including phenoxy) is 2. The number of aliphatic imine (C=N–C) groups is 1. The summed E-state index contributed by atoms with van der Waals surface area (Å²) in [5.74, 6) is 1.27. The Labute approximate surface area is 146 Å². The van der Waals surface area contributed by atoms with Gasteiger partial charge in [-0.2, -0.15) is 0 Å². The predicted molar refractivity (Wildman–Crippen MR) is 97.9 cm³/mol. The first-order chi connectivity index (χ1) is 12.1. The van der Waals surface area contributed by atoms with Crippen LogP contribution in [0.25, 0.3) is 0 Å². The molecule has 1 amide bonds. The number of rotatable bonds is 7. The van der Waals surface area contributed by atoms with Gasteiger partial charge in [0.05, 0.1) is 27.3 Å². The van der Waals surface area contributed by atoms with Crippen molar-refractivity contribution in [3.8, 4) is 11.5 Å². The van der Waals surface area contributed by atoms with E-state index < -0.39 is 0 Å². The highest BCUT2D eigenvalue weighted by molar-refractivity contribution is 5.94. The Morgan fingerprint density at radius 3 is 2.48 bits per heavy atom. The van der Waals surface area contributed by atoms with Gasteiger partial charge in [0.25, 0.3) is 0 Å². The van der Waals surface area contributed by atoms with Gasteiger partial charge in [-0.3, -0.25) is 4.79 Å². The Kier molecular flexibility index (Phi) is 6.65. The molecule has 0 aliphatic heterocycles. The first-order valence-corrected chi connectivity index (χ1v) is 7.72. The molecule has 0 heterocycles. The van der Waals surface area contributed by atoms with Crippen molar-refractivity contribution in [2.24, 2.45) is 10.7 Å². The summed E-state index contributed by atoms with van der Waals surface area (Å²) in [6.45, 7) is 0.398. The lowest BCUT2D eigenvalue weighted by Gasteiger charge is -2.09. The number of hydrogen-bond acceptors (Lipinski definition) is 4. The quantitative estimate of drug-likeness (QED) is 0.526. The molecule has 0 unspecified atom stereocenters. The number of para-hydroxylation sites is 1. The minimum Gasteiger partial charge on any atom is -0.493 e. The van der Waals surface area contributed by atoms with E-state index in [-0.39, 0.29) is 18.4 Å². The first-order valence-electron chi connectivity index (χ1n) is 7.72. The standard InChI is InChI=1S/C18H22N4O3/c1-24-15-9-8-13(10-16(15)25-2)11-20-18(19)21-12-17(23)22-14-6-4-3-5-7-14/h3-10H,11-12H2,1-2H3,(H,22,23)(H3,19,20,21). The average Bonchev–Trinajstić information content (AvgIpc) is 2.65. The number of nitrogens with two attached hydrogens (primary N) is 1. The fourth-order valence-electron chi connectivity index (χ4n) is 2.11. The molecule has 0 spiro atoms. The zero-order valence-electron chi connectivity index (χ0n) is 14.3. The number of carbonyl (C=O) groups excluding carboxylic acids is 1. The fraction of sp³-hybridized carbons (Fsp3) is 0.222. The molecule has 2 rings (SSSR count). The van der Waals surface area contributed by atoms with Crippen molar-refractivity contribution in [3.63, 3.8) is 0 Å². The van der Waals surface area contributed by atoms with Crippen LogP contribution < -0.4 is 25.8 Å². The lowest BCUT2D eigenvalue weighted by molar-refractivity contribution is -0.115. The summed E-state index contributed by atoms with van der Waals surface area (Å²) in [4.78, 5) is 16.0. The third-order valence-electron chi connectivity index (χ3n) is 3.37. The summed E-state index contributed by atoms with van der Waals surface area (Å²) in [5.41, 5.74) is 7.44. The maximum Gasteiger partial charge on any atom is 0.243 e. The van der Waals surface area contributed by atoms with Crippen molar-refractivity contribution < 1.29 is 14.3 Å². The van der Waals surface area contributed by atoms with E-state index in [1.165, 1.54) is 0 Å². The van der Waals surface area contributed by atoms with Crippen molar-refractivity contribution in [1.29, 1.82) is 0 Å². The molecule has 0 saturated carbocycles. The largest absolute Gasteiger partial charge is 0.493 e. The molecule has 7 heteroatoms. The molecular formula is C18H22N4O3. The molecule has 0 aliphatic rings. The molecular weight excluding hydrogens is 320 g/mol. The highest BCUT2D eigenvalue weighted by Gasteiger charge is 2.05. The molecule has 0 aliphatic carbocycles. The van der Waals surface area contributed by atoms with Crippen molar-refractivity contribution in [1.82, 2.24) is 5.32 Å². The Bertz CT molecular complexity index is 732. The third kappa shape index (κ3) is 5.72. The zero-order valence-corrected chi connectivity index (χ0v) is 14.3. The van der Waals surface area contributed by atoms with Crippen LogP contribution >= 0.6 is 0 Å². The number of anilines is 1. The van der Waals surface area contributed by atoms with Crippen molar-refractivity contribution in [2.45, 2.75) is 6.54 Å². The van der Waals surface area contributed by atoms with E-state index in [1.54, 1.807) is 20.3 Å². The molecule has 0 atom stereocenters. The van der Waals surface area contributed by atoms with Gasteiger partial charge in [-0.25, -0.2) is 4.99 Å². The SMILES string of the molecule is COc1ccc(CN=C(N)NCC(=O)Nc2ccccc2)cc1OC. The Hall–Kier alpha value is -3.22. The number of benzene rings is 2. The normalized spacial score (nSPS) is 10.9. The molecule has 0 radical (unpaired) electrons. The van der Waals surface area contributed by atoms with E-state index in [2.05, 4.69) is 15.6 Å². The van der Waals surface area contributed by atoms with E-state index in [0.717, 1.165) is 11.3 Å². The topological polar surface area (TPSA) is 98.0 Å². The van der Waals surface area contributed by atoms with Crippen LogP contribution in [0.1, 0.15) is 5.56 Å². The minimum atomic E-state index is -0.199. The number of nitrogens with zero attached hydrogens (tertiary/aromatic N) is 1. The summed E-state index contributed by atoms with van der Waals surface area (Å²) in [6.07, 6.45) is 0. The van der Waals surface area contributed by atoms with E-state index in [1.807, 2.05) is 42.5 Å². The summed E-state index contributed by atoms with van der Waals surface area (Å²) in [7, 11) is 3.16. The molecule has 132 valence electrons. The van der Waals surface area contributed by atoms with Gasteiger partial charge in [-0.15, -0.1) is 0 Å². The van der Waals surface area contributed by atoms with Crippen LogP contribution in [0.3, 0.4) is 0 Å². The maximum atomic E-state index is 11.8. The minimum absolute atomic E-state index is 0.0379. The monoisotopic (exact) mass is 342 g/mol. The van der Waals surface area contributed by atoms with Crippen LogP contribution in [0.4, 0.5) is 5.69 Å². The molecule has 2 aromatic carbocycles. The summed E-state index contributed by atoms with van der Waals surface area (Å²) in [5, 5.41) is 5.54. The smallest absolute Gasteiger partial charge is 0.243 e. The zero-order chi connectivity index (χ0) is 18.1. The van der Waals surface area contributed by atoms with E-state index in [0.29, 0.717) is 18.0 Å². The van der Waals surface area contributed by atoms with Crippen molar-refractivity contribution in [2.75, 3.05) is 26.1 Å². The lowest BCUT2D eigenvalue weighted by Crippen LogP contribution is -2.37. The summed E-state index contributed by atoms with van der Waals surface area (Å²) >= 11 is 0. The average molecular weight is 342 g/mol. The van der Waals surface area contributed by atoms with Crippen LogP contribution in [0.2, 0.25) is 0 Å². The van der Waals surface area contributed by atoms with Crippen LogP contribution in [0.5, 0.6) is 11.5 Å². The fourth-order valence-corrected chi connectivity index (χ4v) is 2.11. The highest BCUT2D eigenvalue weighted by Crippen LogP contribution is 2.27. The van der Waals surface area contributed by atoms with Crippen molar-refractivity contribution >= 4 is 17.6 Å². The number of amides is 1. The Morgan fingerprint density at radius 2 is 1.80 bits per heavy atom. The van der Waals surface area contributed by atoms with Gasteiger partial charge in [-0.1, -0.05) is 24.3 Å². The second-order valence-electron chi connectivity index (χ2n) is 5.16. The van der Waals surface area contributed by atoms with Gasteiger partial charge < -0.3 is 25.8 Å². The van der Waals surface area contributed by atoms with Crippen LogP contribution in [0, 0.1) is 0 Å². The van der Waals surface area contributed by atoms with E-state index in [4.69, 9.17) is 15.2 Å². The predicted octanol–water partition coefficient (Wildman–Crippen LogP) is 1.75. The second kappa shape index (κ2) is 9.17. The van der Waals surface area contributed by atoms with Gasteiger partial charge in [-0.05, 0) is 29.8 Å². The molecule has 0 saturated heterocycles. The van der Waals surface area contributed by atoms with E-state index in [9.17, 15) is 4.79 Å². The van der Waals surface area contributed by atoms with Gasteiger partial charge in [0.15, 0.2) is 17.5 Å². The number of guanidine groups is 1. The molecule has 25 heavy (non-hydrogen) atoms. The third-order valence-corrected chi connectivity index (χ3v) is 3.37. The van der Waals surface area contributed by atoms with Crippen LogP contribution in [-0.2, 0) is 11.3 Å². The number of nitrogens with one attached hydrogen (secondary N) is 2. The molecule has 0 aromatic heterocycles. The van der Waals surface area contributed by atoms with Gasteiger partial charge in [0.1, 0.15) is 0 Å². The Morgan fingerprint density at radius 1 is 1.08 bits per heavy atom. The van der Waals surface area contributed by atoms with Crippen LogP contribution in [-0.4, -0.2) is 32.6 Å². The summed E-state index contributed by atoms with van der Waals surface area (Å²) < 4.78 is 10.4. The van der Waals surface area contributed by atoms with E-state index >= 15 is 0 Å². The van der Waals surface area contributed by atoms with Gasteiger partial charge in [0.2, 0.25) is 5.91 Å².